The third-order valence-corrected chi connectivity index (χ3v) is 2.98. The minimum Gasteiger partial charge on any atom is -0.461 e. The summed E-state index contributed by atoms with van der Waals surface area (Å²) in [6.07, 6.45) is 4.14. The van der Waals surface area contributed by atoms with Gasteiger partial charge in [-0.05, 0) is 0 Å². The van der Waals surface area contributed by atoms with Gasteiger partial charge in [0.15, 0.2) is 0 Å². The second-order valence-electron chi connectivity index (χ2n) is 4.63. The van der Waals surface area contributed by atoms with Gasteiger partial charge in [0.25, 0.3) is 23.6 Å². The van der Waals surface area contributed by atoms with Crippen LogP contribution in [0.2, 0.25) is 0 Å². The monoisotopic (exact) mass is 336 g/mol. The summed E-state index contributed by atoms with van der Waals surface area (Å²) in [7, 11) is 0. The molecule has 2 aliphatic rings. The molecule has 24 heavy (non-hydrogen) atoms. The Hall–Kier alpha value is -3.30. The molecule has 0 aromatic rings. The Labute approximate surface area is 135 Å². The summed E-state index contributed by atoms with van der Waals surface area (Å²) in [5.74, 6) is -4.14. The Morgan fingerprint density at radius 3 is 1.25 bits per heavy atom. The number of hydrogen-bond acceptors (Lipinski definition) is 8. The number of ether oxygens (including phenoxy) is 2. The predicted molar refractivity (Wildman–Crippen MR) is 73.6 cm³/mol. The number of amides is 4. The van der Waals surface area contributed by atoms with Gasteiger partial charge in [0.05, 0.1) is 0 Å². The molecule has 2 heterocycles. The average molecular weight is 336 g/mol. The van der Waals surface area contributed by atoms with Gasteiger partial charge in [-0.2, -0.15) is 0 Å². The molecular weight excluding hydrogens is 324 g/mol. The Balaban J connectivity index is 1.62. The van der Waals surface area contributed by atoms with Crippen LogP contribution in [0.3, 0.4) is 0 Å². The van der Waals surface area contributed by atoms with Crippen LogP contribution >= 0.6 is 0 Å². The zero-order valence-electron chi connectivity index (χ0n) is 12.3. The Morgan fingerprint density at radius 1 is 0.667 bits per heavy atom. The van der Waals surface area contributed by atoms with Crippen LogP contribution in [0.4, 0.5) is 0 Å². The molecule has 0 N–H and O–H groups in total. The SMILES string of the molecule is O=C(CN1C(=O)C=CC1=O)OCCOC(=O)CN1C(=O)C=CC1=O. The Kier molecular flexibility index (Phi) is 5.20. The second-order valence-corrected chi connectivity index (χ2v) is 4.63. The van der Waals surface area contributed by atoms with E-state index >= 15 is 0 Å². The first-order chi connectivity index (χ1) is 11.4. The first-order valence-corrected chi connectivity index (χ1v) is 6.77. The predicted octanol–water partition coefficient (Wildman–Crippen LogP) is -2.08. The van der Waals surface area contributed by atoms with Crippen molar-refractivity contribution in [2.75, 3.05) is 26.3 Å². The molecule has 0 spiro atoms. The molecule has 0 atom stereocenters. The van der Waals surface area contributed by atoms with E-state index in [-0.39, 0.29) is 13.2 Å². The molecule has 0 saturated heterocycles. The van der Waals surface area contributed by atoms with Crippen LogP contribution in [0.15, 0.2) is 24.3 Å². The zero-order chi connectivity index (χ0) is 17.7. The highest BCUT2D eigenvalue weighted by Crippen LogP contribution is 2.04. The van der Waals surface area contributed by atoms with Gasteiger partial charge in [-0.25, -0.2) is 0 Å². The lowest BCUT2D eigenvalue weighted by atomic mass is 10.5. The highest BCUT2D eigenvalue weighted by Gasteiger charge is 2.27. The van der Waals surface area contributed by atoms with Gasteiger partial charge in [-0.15, -0.1) is 0 Å². The number of carbonyl (C=O) groups excluding carboxylic acids is 6. The van der Waals surface area contributed by atoms with Gasteiger partial charge >= 0.3 is 11.9 Å². The van der Waals surface area contributed by atoms with Crippen molar-refractivity contribution in [1.29, 1.82) is 0 Å². The van der Waals surface area contributed by atoms with Gasteiger partial charge in [-0.3, -0.25) is 38.6 Å². The van der Waals surface area contributed by atoms with Crippen LogP contribution in [0, 0.1) is 0 Å². The molecular formula is C14H12N2O8. The molecule has 2 rings (SSSR count). The molecule has 126 valence electrons. The fraction of sp³-hybridized carbons (Fsp3) is 0.286. The maximum Gasteiger partial charge on any atom is 0.326 e. The highest BCUT2D eigenvalue weighted by atomic mass is 16.6. The van der Waals surface area contributed by atoms with Crippen molar-refractivity contribution in [3.8, 4) is 0 Å². The summed E-state index contributed by atoms with van der Waals surface area (Å²) >= 11 is 0. The number of rotatable bonds is 7. The normalized spacial score (nSPS) is 16.3. The van der Waals surface area contributed by atoms with E-state index in [1.165, 1.54) is 0 Å². The minimum atomic E-state index is -0.842. The van der Waals surface area contributed by atoms with Crippen molar-refractivity contribution < 1.29 is 38.2 Å². The lowest BCUT2D eigenvalue weighted by Crippen LogP contribution is -2.37. The van der Waals surface area contributed by atoms with Gasteiger partial charge in [0, 0.05) is 24.3 Å². The van der Waals surface area contributed by atoms with Crippen LogP contribution in [0.1, 0.15) is 0 Å². The Bertz CT molecular complexity index is 584. The molecule has 0 saturated carbocycles. The van der Waals surface area contributed by atoms with E-state index in [0.717, 1.165) is 24.3 Å². The quantitative estimate of drug-likeness (QED) is 0.294. The van der Waals surface area contributed by atoms with Crippen LogP contribution in [0.25, 0.3) is 0 Å². The number of hydrogen-bond donors (Lipinski definition) is 0. The molecule has 0 aromatic heterocycles. The number of imide groups is 2. The molecule has 10 nitrogen and oxygen atoms in total. The maximum atomic E-state index is 11.5. The van der Waals surface area contributed by atoms with Crippen molar-refractivity contribution in [1.82, 2.24) is 9.80 Å². The third kappa shape index (κ3) is 4.12. The topological polar surface area (TPSA) is 127 Å². The van der Waals surface area contributed by atoms with E-state index < -0.39 is 48.7 Å². The number of carbonyl (C=O) groups is 6. The van der Waals surface area contributed by atoms with Crippen LogP contribution in [-0.4, -0.2) is 71.7 Å². The molecule has 0 aromatic carbocycles. The van der Waals surface area contributed by atoms with Crippen LogP contribution in [0.5, 0.6) is 0 Å². The van der Waals surface area contributed by atoms with Gasteiger partial charge in [0.2, 0.25) is 0 Å². The smallest absolute Gasteiger partial charge is 0.326 e. The third-order valence-electron chi connectivity index (χ3n) is 2.98. The number of esters is 2. The molecule has 0 radical (unpaired) electrons. The first kappa shape index (κ1) is 17.1. The molecule has 4 amide bonds. The number of nitrogens with zero attached hydrogens (tertiary/aromatic N) is 2. The summed E-state index contributed by atoms with van der Waals surface area (Å²) in [5, 5.41) is 0. The fourth-order valence-electron chi connectivity index (χ4n) is 1.83. The standard InChI is InChI=1S/C14H12N2O8/c17-9-1-2-10(18)15(9)7-13(21)23-5-6-24-14(22)8-16-11(19)3-4-12(16)20/h1-4H,5-8H2. The molecule has 0 unspecified atom stereocenters. The zero-order valence-corrected chi connectivity index (χ0v) is 12.3. The molecule has 0 aliphatic carbocycles. The van der Waals surface area contributed by atoms with E-state index in [1.807, 2.05) is 0 Å². The van der Waals surface area contributed by atoms with Gasteiger partial charge in [0.1, 0.15) is 26.3 Å². The summed E-state index contributed by atoms with van der Waals surface area (Å²) in [5.41, 5.74) is 0. The average Bonchev–Trinajstić information content (AvgIpc) is 3.01. The summed E-state index contributed by atoms with van der Waals surface area (Å²) < 4.78 is 9.43. The van der Waals surface area contributed by atoms with Gasteiger partial charge < -0.3 is 9.47 Å². The largest absolute Gasteiger partial charge is 0.461 e. The first-order valence-electron chi connectivity index (χ1n) is 6.77. The lowest BCUT2D eigenvalue weighted by molar-refractivity contribution is -0.157. The van der Waals surface area contributed by atoms with E-state index in [2.05, 4.69) is 0 Å². The van der Waals surface area contributed by atoms with Crippen molar-refractivity contribution in [2.24, 2.45) is 0 Å². The molecule has 0 bridgehead atoms. The Morgan fingerprint density at radius 2 is 0.958 bits per heavy atom. The van der Waals surface area contributed by atoms with E-state index in [4.69, 9.17) is 9.47 Å². The van der Waals surface area contributed by atoms with E-state index in [0.29, 0.717) is 9.80 Å². The van der Waals surface area contributed by atoms with Crippen LogP contribution < -0.4 is 0 Å². The lowest BCUT2D eigenvalue weighted by Gasteiger charge is -2.14. The van der Waals surface area contributed by atoms with E-state index in [9.17, 15) is 28.8 Å². The molecule has 10 heteroatoms. The highest BCUT2D eigenvalue weighted by molar-refractivity contribution is 6.14. The molecule has 2 aliphatic heterocycles. The fourth-order valence-corrected chi connectivity index (χ4v) is 1.83. The molecule has 0 fully saturated rings. The minimum absolute atomic E-state index is 0.297. The summed E-state index contributed by atoms with van der Waals surface area (Å²) in [4.78, 5) is 69.2. The maximum absolute atomic E-state index is 11.5. The van der Waals surface area contributed by atoms with Crippen molar-refractivity contribution in [3.63, 3.8) is 0 Å². The van der Waals surface area contributed by atoms with Crippen LogP contribution in [-0.2, 0) is 38.2 Å². The summed E-state index contributed by atoms with van der Waals surface area (Å²) in [6.45, 7) is -1.68. The van der Waals surface area contributed by atoms with Gasteiger partial charge in [-0.1, -0.05) is 0 Å². The van der Waals surface area contributed by atoms with E-state index in [1.54, 1.807) is 0 Å². The van der Waals surface area contributed by atoms with Crippen molar-refractivity contribution >= 4 is 35.6 Å². The second kappa shape index (κ2) is 7.31. The van der Waals surface area contributed by atoms with Crippen molar-refractivity contribution in [2.45, 2.75) is 0 Å². The van der Waals surface area contributed by atoms with Crippen molar-refractivity contribution in [3.05, 3.63) is 24.3 Å². The summed E-state index contributed by atoms with van der Waals surface area (Å²) in [6, 6.07) is 0.